The summed E-state index contributed by atoms with van der Waals surface area (Å²) in [6.45, 7) is 4.37. The van der Waals surface area contributed by atoms with Gasteiger partial charge < -0.3 is 19.5 Å². The van der Waals surface area contributed by atoms with E-state index in [9.17, 15) is 0 Å². The Morgan fingerprint density at radius 1 is 1.30 bits per heavy atom. The predicted octanol–water partition coefficient (Wildman–Crippen LogP) is 2.50. The van der Waals surface area contributed by atoms with Gasteiger partial charge in [0, 0.05) is 0 Å². The molecule has 2 heterocycles. The molecule has 3 rings (SSSR count). The molecule has 0 aromatic heterocycles. The molecule has 0 fully saturated rings. The lowest BCUT2D eigenvalue weighted by Gasteiger charge is -2.34. The minimum atomic E-state index is -0.0159. The number of hydrogen-bond donors (Lipinski definition) is 1. The van der Waals surface area contributed by atoms with Crippen LogP contribution >= 0.6 is 0 Å². The Bertz CT molecular complexity index is 486. The summed E-state index contributed by atoms with van der Waals surface area (Å²) in [6, 6.07) is 7.97. The number of ether oxygens (including phenoxy) is 3. The Labute approximate surface area is 119 Å². The number of hydrogen-bond acceptors (Lipinski definition) is 4. The Morgan fingerprint density at radius 2 is 2.15 bits per heavy atom. The van der Waals surface area contributed by atoms with Crippen LogP contribution in [0.15, 0.2) is 36.1 Å². The van der Waals surface area contributed by atoms with E-state index in [1.807, 2.05) is 30.5 Å². The summed E-state index contributed by atoms with van der Waals surface area (Å²) in [7, 11) is 0. The minimum Gasteiger partial charge on any atom is -0.501 e. The lowest BCUT2D eigenvalue weighted by molar-refractivity contribution is 0.0676. The molecule has 0 saturated heterocycles. The molecule has 0 radical (unpaired) electrons. The lowest BCUT2D eigenvalue weighted by Crippen LogP contribution is -2.49. The van der Waals surface area contributed by atoms with E-state index in [0.29, 0.717) is 6.61 Å². The first-order valence-corrected chi connectivity index (χ1v) is 7.31. The molecule has 0 aliphatic carbocycles. The van der Waals surface area contributed by atoms with E-state index in [-0.39, 0.29) is 12.1 Å². The fraction of sp³-hybridized carbons (Fsp3) is 0.500. The number of para-hydroxylation sites is 2. The second kappa shape index (κ2) is 6.18. The van der Waals surface area contributed by atoms with Crippen molar-refractivity contribution in [3.8, 4) is 11.5 Å². The van der Waals surface area contributed by atoms with Gasteiger partial charge in [0.2, 0.25) is 0 Å². The van der Waals surface area contributed by atoms with Crippen LogP contribution < -0.4 is 14.8 Å². The summed E-state index contributed by atoms with van der Waals surface area (Å²) in [6.07, 6.45) is 4.00. The Balaban J connectivity index is 1.77. The Kier molecular flexibility index (Phi) is 4.11. The molecule has 2 aliphatic heterocycles. The highest BCUT2D eigenvalue weighted by Crippen LogP contribution is 2.33. The number of nitrogens with one attached hydrogen (secondary N) is 1. The molecule has 0 bridgehead atoms. The highest BCUT2D eigenvalue weighted by molar-refractivity contribution is 5.41. The summed E-state index contributed by atoms with van der Waals surface area (Å²) >= 11 is 0. The second-order valence-electron chi connectivity index (χ2n) is 5.12. The maximum atomic E-state index is 6.12. The molecule has 20 heavy (non-hydrogen) atoms. The van der Waals surface area contributed by atoms with Crippen LogP contribution in [0.3, 0.4) is 0 Å². The molecule has 1 N–H and O–H groups in total. The van der Waals surface area contributed by atoms with Crippen LogP contribution in [-0.2, 0) is 4.74 Å². The summed E-state index contributed by atoms with van der Waals surface area (Å²) in [4.78, 5) is 0. The van der Waals surface area contributed by atoms with E-state index >= 15 is 0 Å². The van der Waals surface area contributed by atoms with Gasteiger partial charge in [-0.3, -0.25) is 0 Å². The quantitative estimate of drug-likeness (QED) is 0.916. The van der Waals surface area contributed by atoms with Gasteiger partial charge in [0.15, 0.2) is 17.6 Å². The predicted molar refractivity (Wildman–Crippen MR) is 77.1 cm³/mol. The lowest BCUT2D eigenvalue weighted by atomic mass is 9.97. The summed E-state index contributed by atoms with van der Waals surface area (Å²) in [5, 5.41) is 3.50. The average molecular weight is 275 g/mol. The fourth-order valence-corrected chi connectivity index (χ4v) is 2.73. The van der Waals surface area contributed by atoms with Crippen LogP contribution in [0, 0.1) is 0 Å². The molecule has 4 nitrogen and oxygen atoms in total. The van der Waals surface area contributed by atoms with Gasteiger partial charge in [0.25, 0.3) is 0 Å². The zero-order chi connectivity index (χ0) is 13.8. The normalized spacial score (nSPS) is 22.6. The van der Waals surface area contributed by atoms with Crippen LogP contribution in [-0.4, -0.2) is 31.9 Å². The van der Waals surface area contributed by atoms with Crippen molar-refractivity contribution in [2.75, 3.05) is 19.8 Å². The first-order chi connectivity index (χ1) is 9.88. The van der Waals surface area contributed by atoms with Gasteiger partial charge in [-0.15, -0.1) is 0 Å². The van der Waals surface area contributed by atoms with Crippen molar-refractivity contribution in [2.45, 2.75) is 31.9 Å². The van der Waals surface area contributed by atoms with E-state index in [2.05, 4.69) is 12.2 Å². The molecule has 4 heteroatoms. The molecule has 2 unspecified atom stereocenters. The van der Waals surface area contributed by atoms with Gasteiger partial charge in [0.05, 0.1) is 18.9 Å². The fourth-order valence-electron chi connectivity index (χ4n) is 2.73. The molecule has 1 aromatic carbocycles. The minimum absolute atomic E-state index is 0.0159. The van der Waals surface area contributed by atoms with Gasteiger partial charge >= 0.3 is 0 Å². The third-order valence-electron chi connectivity index (χ3n) is 3.69. The number of fused-ring (bicyclic) bond motifs is 1. The van der Waals surface area contributed by atoms with Gasteiger partial charge in [0.1, 0.15) is 6.61 Å². The number of likely N-dealkylation sites (N-methyl/N-ethyl adjacent to an activating group) is 1. The maximum Gasteiger partial charge on any atom is 0.161 e. The number of benzene rings is 1. The van der Waals surface area contributed by atoms with Crippen LogP contribution in [0.4, 0.5) is 0 Å². The largest absolute Gasteiger partial charge is 0.501 e. The molecular weight excluding hydrogens is 254 g/mol. The SMILES string of the molecule is CCNC(C1=COCCC1)C1COc2ccccc2O1. The van der Waals surface area contributed by atoms with Crippen molar-refractivity contribution < 1.29 is 14.2 Å². The maximum absolute atomic E-state index is 6.12. The van der Waals surface area contributed by atoms with Crippen LogP contribution in [0.25, 0.3) is 0 Å². The highest BCUT2D eigenvalue weighted by Gasteiger charge is 2.31. The Hall–Kier alpha value is -1.68. The van der Waals surface area contributed by atoms with Gasteiger partial charge in [-0.05, 0) is 37.1 Å². The molecular formula is C16H21NO3. The summed E-state index contributed by atoms with van der Waals surface area (Å²) in [5.74, 6) is 1.65. The Morgan fingerprint density at radius 3 is 2.90 bits per heavy atom. The van der Waals surface area contributed by atoms with Gasteiger partial charge in [-0.2, -0.15) is 0 Å². The second-order valence-corrected chi connectivity index (χ2v) is 5.12. The first kappa shape index (κ1) is 13.3. The summed E-state index contributed by atoms with van der Waals surface area (Å²) < 4.78 is 17.4. The first-order valence-electron chi connectivity index (χ1n) is 7.31. The van der Waals surface area contributed by atoms with E-state index in [1.165, 1.54) is 5.57 Å². The van der Waals surface area contributed by atoms with E-state index in [0.717, 1.165) is 37.5 Å². The molecule has 0 spiro atoms. The molecule has 0 amide bonds. The zero-order valence-electron chi connectivity index (χ0n) is 11.8. The smallest absolute Gasteiger partial charge is 0.161 e. The van der Waals surface area contributed by atoms with E-state index in [1.54, 1.807) is 0 Å². The standard InChI is InChI=1S/C16H21NO3/c1-2-17-16(12-6-5-9-18-10-12)15-11-19-13-7-3-4-8-14(13)20-15/h3-4,7-8,10,15-17H,2,5-6,9,11H2,1H3. The highest BCUT2D eigenvalue weighted by atomic mass is 16.6. The third kappa shape index (κ3) is 2.75. The zero-order valence-corrected chi connectivity index (χ0v) is 11.8. The monoisotopic (exact) mass is 275 g/mol. The molecule has 2 atom stereocenters. The van der Waals surface area contributed by atoms with Crippen molar-refractivity contribution in [3.63, 3.8) is 0 Å². The third-order valence-corrected chi connectivity index (χ3v) is 3.69. The van der Waals surface area contributed by atoms with E-state index in [4.69, 9.17) is 14.2 Å². The van der Waals surface area contributed by atoms with Crippen molar-refractivity contribution in [1.29, 1.82) is 0 Å². The van der Waals surface area contributed by atoms with Crippen LogP contribution in [0.5, 0.6) is 11.5 Å². The van der Waals surface area contributed by atoms with E-state index < -0.39 is 0 Å². The average Bonchev–Trinajstić information content (AvgIpc) is 2.53. The molecule has 0 saturated carbocycles. The van der Waals surface area contributed by atoms with Gasteiger partial charge in [-0.1, -0.05) is 19.1 Å². The van der Waals surface area contributed by atoms with Crippen LogP contribution in [0.2, 0.25) is 0 Å². The molecule has 2 aliphatic rings. The van der Waals surface area contributed by atoms with Crippen LogP contribution in [0.1, 0.15) is 19.8 Å². The topological polar surface area (TPSA) is 39.7 Å². The number of rotatable bonds is 4. The van der Waals surface area contributed by atoms with Crippen molar-refractivity contribution in [1.82, 2.24) is 5.32 Å². The van der Waals surface area contributed by atoms with Crippen molar-refractivity contribution in [3.05, 3.63) is 36.1 Å². The molecule has 1 aromatic rings. The molecule has 108 valence electrons. The van der Waals surface area contributed by atoms with Crippen molar-refractivity contribution >= 4 is 0 Å². The summed E-state index contributed by atoms with van der Waals surface area (Å²) in [5.41, 5.74) is 1.27. The van der Waals surface area contributed by atoms with Crippen molar-refractivity contribution in [2.24, 2.45) is 0 Å². The van der Waals surface area contributed by atoms with Gasteiger partial charge in [-0.25, -0.2) is 0 Å².